The van der Waals surface area contributed by atoms with E-state index in [9.17, 15) is 9.18 Å². The van der Waals surface area contributed by atoms with Crippen molar-refractivity contribution in [1.29, 1.82) is 0 Å². The number of urea groups is 1. The van der Waals surface area contributed by atoms with E-state index in [4.69, 9.17) is 4.74 Å². The Bertz CT molecular complexity index is 725. The summed E-state index contributed by atoms with van der Waals surface area (Å²) in [5.41, 5.74) is 2.66. The van der Waals surface area contributed by atoms with Crippen molar-refractivity contribution in [2.75, 3.05) is 25.1 Å². The second-order valence-electron chi connectivity index (χ2n) is 6.58. The van der Waals surface area contributed by atoms with Crippen LogP contribution >= 0.6 is 0 Å². The topological polar surface area (TPSA) is 50.4 Å². The Labute approximate surface area is 147 Å². The van der Waals surface area contributed by atoms with Crippen molar-refractivity contribution in [3.8, 4) is 0 Å². The van der Waals surface area contributed by atoms with Gasteiger partial charge in [0.1, 0.15) is 5.82 Å². The summed E-state index contributed by atoms with van der Waals surface area (Å²) in [6.45, 7) is 3.74. The van der Waals surface area contributed by atoms with E-state index in [2.05, 4.69) is 10.6 Å². The van der Waals surface area contributed by atoms with E-state index in [0.717, 1.165) is 29.7 Å². The lowest BCUT2D eigenvalue weighted by Crippen LogP contribution is -2.45. The van der Waals surface area contributed by atoms with Gasteiger partial charge in [0.2, 0.25) is 0 Å². The zero-order valence-corrected chi connectivity index (χ0v) is 14.3. The van der Waals surface area contributed by atoms with Crippen molar-refractivity contribution in [3.05, 3.63) is 65.5 Å². The number of carbonyl (C=O) groups is 1. The van der Waals surface area contributed by atoms with Crippen LogP contribution in [-0.2, 0) is 10.2 Å². The average Bonchev–Trinajstić information content (AvgIpc) is 2.61. The van der Waals surface area contributed by atoms with Gasteiger partial charge in [0.05, 0.1) is 0 Å². The number of hydrogen-bond acceptors (Lipinski definition) is 2. The van der Waals surface area contributed by atoms with Gasteiger partial charge in [-0.25, -0.2) is 9.18 Å². The predicted octanol–water partition coefficient (Wildman–Crippen LogP) is 4.00. The van der Waals surface area contributed by atoms with Gasteiger partial charge in [0, 0.05) is 30.9 Å². The van der Waals surface area contributed by atoms with Crippen molar-refractivity contribution in [3.63, 3.8) is 0 Å². The Hall–Kier alpha value is -2.40. The van der Waals surface area contributed by atoms with Gasteiger partial charge in [0.25, 0.3) is 0 Å². The molecule has 1 fully saturated rings. The molecule has 4 nitrogen and oxygen atoms in total. The lowest BCUT2D eigenvalue weighted by atomic mass is 9.74. The second-order valence-corrected chi connectivity index (χ2v) is 6.58. The Morgan fingerprint density at radius 2 is 1.88 bits per heavy atom. The highest BCUT2D eigenvalue weighted by Crippen LogP contribution is 2.34. The maximum absolute atomic E-state index is 13.3. The molecule has 2 aromatic carbocycles. The molecule has 0 atom stereocenters. The minimum absolute atomic E-state index is 0.226. The summed E-state index contributed by atoms with van der Waals surface area (Å²) >= 11 is 0. The summed E-state index contributed by atoms with van der Waals surface area (Å²) in [5.74, 6) is -0.254. The maximum atomic E-state index is 13.3. The first-order valence-electron chi connectivity index (χ1n) is 8.53. The summed E-state index contributed by atoms with van der Waals surface area (Å²) in [5, 5.41) is 5.83. The standard InChI is InChI=1S/C20H23FN2O2/c1-15-3-2-4-18(13-15)23-19(24)22-14-20(9-11-25-12-10-20)16-5-7-17(21)8-6-16/h2-8,13H,9-12,14H2,1H3,(H2,22,23,24). The van der Waals surface area contributed by atoms with Gasteiger partial charge in [-0.15, -0.1) is 0 Å². The van der Waals surface area contributed by atoms with Crippen molar-refractivity contribution >= 4 is 11.7 Å². The van der Waals surface area contributed by atoms with Gasteiger partial charge in [-0.3, -0.25) is 0 Å². The lowest BCUT2D eigenvalue weighted by Gasteiger charge is -2.38. The number of carbonyl (C=O) groups excluding carboxylic acids is 1. The molecule has 0 radical (unpaired) electrons. The van der Waals surface area contributed by atoms with Crippen molar-refractivity contribution in [2.45, 2.75) is 25.2 Å². The summed E-state index contributed by atoms with van der Waals surface area (Å²) in [6.07, 6.45) is 1.59. The number of aryl methyl sites for hydroxylation is 1. The molecular weight excluding hydrogens is 319 g/mol. The van der Waals surface area contributed by atoms with Gasteiger partial charge in [-0.2, -0.15) is 0 Å². The van der Waals surface area contributed by atoms with Gasteiger partial charge in [-0.05, 0) is 55.2 Å². The number of anilines is 1. The van der Waals surface area contributed by atoms with Crippen molar-refractivity contribution in [2.24, 2.45) is 0 Å². The minimum Gasteiger partial charge on any atom is -0.381 e. The first-order chi connectivity index (χ1) is 12.1. The van der Waals surface area contributed by atoms with E-state index in [1.54, 1.807) is 12.1 Å². The summed E-state index contributed by atoms with van der Waals surface area (Å²) < 4.78 is 18.7. The van der Waals surface area contributed by atoms with Crippen LogP contribution in [0.25, 0.3) is 0 Å². The molecule has 25 heavy (non-hydrogen) atoms. The smallest absolute Gasteiger partial charge is 0.319 e. The van der Waals surface area contributed by atoms with E-state index in [1.165, 1.54) is 12.1 Å². The molecule has 0 aromatic heterocycles. The van der Waals surface area contributed by atoms with Crippen LogP contribution in [0.4, 0.5) is 14.9 Å². The third kappa shape index (κ3) is 4.37. The molecule has 0 aliphatic carbocycles. The number of halogens is 1. The molecule has 0 unspecified atom stereocenters. The fraction of sp³-hybridized carbons (Fsp3) is 0.350. The minimum atomic E-state index is -0.254. The van der Waals surface area contributed by atoms with Crippen LogP contribution < -0.4 is 10.6 Å². The molecular formula is C20H23FN2O2. The fourth-order valence-electron chi connectivity index (χ4n) is 3.28. The van der Waals surface area contributed by atoms with Crippen molar-refractivity contribution < 1.29 is 13.9 Å². The second kappa shape index (κ2) is 7.66. The predicted molar refractivity (Wildman–Crippen MR) is 96.3 cm³/mol. The Kier molecular flexibility index (Phi) is 5.34. The average molecular weight is 342 g/mol. The molecule has 5 heteroatoms. The van der Waals surface area contributed by atoms with Gasteiger partial charge < -0.3 is 15.4 Å². The highest BCUT2D eigenvalue weighted by atomic mass is 19.1. The number of hydrogen-bond donors (Lipinski definition) is 2. The molecule has 1 aliphatic rings. The quantitative estimate of drug-likeness (QED) is 0.882. The third-order valence-corrected chi connectivity index (χ3v) is 4.77. The summed E-state index contributed by atoms with van der Waals surface area (Å²) in [6, 6.07) is 14.0. The molecule has 2 aromatic rings. The summed E-state index contributed by atoms with van der Waals surface area (Å²) in [4.78, 5) is 12.3. The Morgan fingerprint density at radius 1 is 1.16 bits per heavy atom. The van der Waals surface area contributed by atoms with Crippen LogP contribution in [-0.4, -0.2) is 25.8 Å². The molecule has 1 aliphatic heterocycles. The maximum Gasteiger partial charge on any atom is 0.319 e. The highest BCUT2D eigenvalue weighted by Gasteiger charge is 2.34. The van der Waals surface area contributed by atoms with Gasteiger partial charge >= 0.3 is 6.03 Å². The first kappa shape index (κ1) is 17.4. The molecule has 1 saturated heterocycles. The third-order valence-electron chi connectivity index (χ3n) is 4.77. The monoisotopic (exact) mass is 342 g/mol. The molecule has 2 amide bonds. The van der Waals surface area contributed by atoms with Crippen LogP contribution in [0, 0.1) is 12.7 Å². The number of ether oxygens (including phenoxy) is 1. The van der Waals surface area contributed by atoms with Crippen LogP contribution in [0.2, 0.25) is 0 Å². The first-order valence-corrected chi connectivity index (χ1v) is 8.53. The number of nitrogens with one attached hydrogen (secondary N) is 2. The van der Waals surface area contributed by atoms with Crippen molar-refractivity contribution in [1.82, 2.24) is 5.32 Å². The van der Waals surface area contributed by atoms with E-state index >= 15 is 0 Å². The van der Waals surface area contributed by atoms with Crippen LogP contribution in [0.5, 0.6) is 0 Å². The van der Waals surface area contributed by atoms with Crippen LogP contribution in [0.15, 0.2) is 48.5 Å². The molecule has 0 spiro atoms. The fourth-order valence-corrected chi connectivity index (χ4v) is 3.28. The van der Waals surface area contributed by atoms with E-state index < -0.39 is 0 Å². The van der Waals surface area contributed by atoms with Gasteiger partial charge in [0.15, 0.2) is 0 Å². The van der Waals surface area contributed by atoms with E-state index in [-0.39, 0.29) is 17.3 Å². The van der Waals surface area contributed by atoms with E-state index in [0.29, 0.717) is 19.8 Å². The molecule has 0 bridgehead atoms. The van der Waals surface area contributed by atoms with E-state index in [1.807, 2.05) is 31.2 Å². The zero-order valence-electron chi connectivity index (χ0n) is 14.3. The molecule has 3 rings (SSSR count). The Balaban J connectivity index is 1.68. The number of benzene rings is 2. The normalized spacial score (nSPS) is 16.2. The summed E-state index contributed by atoms with van der Waals surface area (Å²) in [7, 11) is 0. The Morgan fingerprint density at radius 3 is 2.56 bits per heavy atom. The van der Waals surface area contributed by atoms with Crippen LogP contribution in [0.3, 0.4) is 0 Å². The number of amides is 2. The van der Waals surface area contributed by atoms with Crippen LogP contribution in [0.1, 0.15) is 24.0 Å². The van der Waals surface area contributed by atoms with Gasteiger partial charge in [-0.1, -0.05) is 24.3 Å². The highest BCUT2D eigenvalue weighted by molar-refractivity contribution is 5.89. The molecule has 1 heterocycles. The molecule has 2 N–H and O–H groups in total. The SMILES string of the molecule is Cc1cccc(NC(=O)NCC2(c3ccc(F)cc3)CCOCC2)c1. The largest absolute Gasteiger partial charge is 0.381 e. The number of rotatable bonds is 4. The molecule has 0 saturated carbocycles. The lowest BCUT2D eigenvalue weighted by molar-refractivity contribution is 0.0508. The zero-order chi connectivity index (χ0) is 17.7. The molecule has 132 valence electrons.